The second-order valence-electron chi connectivity index (χ2n) is 6.05. The Hall–Kier alpha value is -2.14. The molecular formula is C18H20ClN3O2. The van der Waals surface area contributed by atoms with Gasteiger partial charge in [0, 0.05) is 23.9 Å². The first-order valence-corrected chi connectivity index (χ1v) is 8.36. The number of fused-ring (bicyclic) bond motifs is 1. The molecule has 1 aliphatic rings. The van der Waals surface area contributed by atoms with Crippen LogP contribution in [0.3, 0.4) is 0 Å². The van der Waals surface area contributed by atoms with Crippen molar-refractivity contribution in [2.45, 2.75) is 26.3 Å². The monoisotopic (exact) mass is 345 g/mol. The molecule has 1 atom stereocenters. The minimum Gasteiger partial charge on any atom is -0.481 e. The van der Waals surface area contributed by atoms with E-state index >= 15 is 0 Å². The minimum atomic E-state index is -0.111. The molecule has 2 heterocycles. The molecule has 1 aromatic carbocycles. The van der Waals surface area contributed by atoms with Gasteiger partial charge < -0.3 is 9.64 Å². The fraction of sp³-hybridized carbons (Fsp3) is 0.389. The van der Waals surface area contributed by atoms with Crippen LogP contribution in [0.2, 0.25) is 5.02 Å². The van der Waals surface area contributed by atoms with Gasteiger partial charge in [0.1, 0.15) is 6.33 Å². The lowest BCUT2D eigenvalue weighted by Gasteiger charge is -2.30. The maximum Gasteiger partial charge on any atom is 0.226 e. The molecule has 6 heteroatoms. The zero-order valence-corrected chi connectivity index (χ0v) is 14.6. The van der Waals surface area contributed by atoms with Gasteiger partial charge in [0.25, 0.3) is 0 Å². The lowest BCUT2D eigenvalue weighted by molar-refractivity contribution is -0.135. The smallest absolute Gasteiger partial charge is 0.226 e. The van der Waals surface area contributed by atoms with Gasteiger partial charge in [-0.25, -0.2) is 9.97 Å². The standard InChI is InChI=1S/C18H20ClN3O2/c1-12(8-13-4-3-5-14(19)9-13)18(23)22-7-6-16-15(10-22)17(24-2)21-11-20-16/h3-5,9,11-12H,6-8,10H2,1-2H3/t12-/m0/s1. The minimum absolute atomic E-state index is 0.111. The Labute approximate surface area is 146 Å². The van der Waals surface area contributed by atoms with Gasteiger partial charge in [0.05, 0.1) is 24.9 Å². The van der Waals surface area contributed by atoms with Crippen LogP contribution in [0.15, 0.2) is 30.6 Å². The van der Waals surface area contributed by atoms with Crippen molar-refractivity contribution in [2.75, 3.05) is 13.7 Å². The van der Waals surface area contributed by atoms with Gasteiger partial charge >= 0.3 is 0 Å². The van der Waals surface area contributed by atoms with Crippen LogP contribution in [-0.4, -0.2) is 34.4 Å². The van der Waals surface area contributed by atoms with E-state index in [0.29, 0.717) is 30.4 Å². The fourth-order valence-corrected chi connectivity index (χ4v) is 3.31. The van der Waals surface area contributed by atoms with E-state index in [1.165, 1.54) is 6.33 Å². The van der Waals surface area contributed by atoms with Crippen molar-refractivity contribution in [3.63, 3.8) is 0 Å². The Bertz CT molecular complexity index is 737. The van der Waals surface area contributed by atoms with Crippen LogP contribution in [0.1, 0.15) is 23.7 Å². The summed E-state index contributed by atoms with van der Waals surface area (Å²) in [5, 5.41) is 0.695. The van der Waals surface area contributed by atoms with Gasteiger partial charge in [-0.2, -0.15) is 0 Å². The summed E-state index contributed by atoms with van der Waals surface area (Å²) in [5.74, 6) is 0.576. The van der Waals surface area contributed by atoms with Crippen molar-refractivity contribution in [1.29, 1.82) is 0 Å². The number of halogens is 1. The molecule has 0 fully saturated rings. The van der Waals surface area contributed by atoms with Crippen LogP contribution in [0.4, 0.5) is 0 Å². The summed E-state index contributed by atoms with van der Waals surface area (Å²) in [7, 11) is 1.59. The molecule has 0 spiro atoms. The molecule has 1 amide bonds. The second kappa shape index (κ2) is 7.18. The summed E-state index contributed by atoms with van der Waals surface area (Å²) in [5.41, 5.74) is 2.95. The highest BCUT2D eigenvalue weighted by Crippen LogP contribution is 2.26. The van der Waals surface area contributed by atoms with E-state index in [2.05, 4.69) is 9.97 Å². The number of hydrogen-bond acceptors (Lipinski definition) is 4. The highest BCUT2D eigenvalue weighted by molar-refractivity contribution is 6.30. The largest absolute Gasteiger partial charge is 0.481 e. The quantitative estimate of drug-likeness (QED) is 0.855. The summed E-state index contributed by atoms with van der Waals surface area (Å²) in [6.07, 6.45) is 2.91. The highest BCUT2D eigenvalue weighted by Gasteiger charge is 2.27. The molecule has 5 nitrogen and oxygen atoms in total. The van der Waals surface area contributed by atoms with Gasteiger partial charge in [-0.15, -0.1) is 0 Å². The van der Waals surface area contributed by atoms with Crippen molar-refractivity contribution >= 4 is 17.5 Å². The van der Waals surface area contributed by atoms with Crippen LogP contribution >= 0.6 is 11.6 Å². The number of carbonyl (C=O) groups excluding carboxylic acids is 1. The van der Waals surface area contributed by atoms with E-state index in [9.17, 15) is 4.79 Å². The third-order valence-corrected chi connectivity index (χ3v) is 4.56. The van der Waals surface area contributed by atoms with E-state index in [0.717, 1.165) is 23.2 Å². The molecule has 1 aromatic heterocycles. The van der Waals surface area contributed by atoms with Crippen molar-refractivity contribution in [3.8, 4) is 5.88 Å². The predicted octanol–water partition coefficient (Wildman–Crippen LogP) is 2.90. The Morgan fingerprint density at radius 2 is 2.25 bits per heavy atom. The second-order valence-corrected chi connectivity index (χ2v) is 6.49. The average Bonchev–Trinajstić information content (AvgIpc) is 2.60. The molecule has 0 saturated carbocycles. The zero-order valence-electron chi connectivity index (χ0n) is 13.8. The summed E-state index contributed by atoms with van der Waals surface area (Å²) in [6.45, 7) is 3.13. The third kappa shape index (κ3) is 3.51. The molecule has 0 radical (unpaired) electrons. The van der Waals surface area contributed by atoms with E-state index in [1.807, 2.05) is 36.1 Å². The van der Waals surface area contributed by atoms with Crippen molar-refractivity contribution in [2.24, 2.45) is 5.92 Å². The molecule has 24 heavy (non-hydrogen) atoms. The summed E-state index contributed by atoms with van der Waals surface area (Å²) < 4.78 is 5.31. The molecule has 0 bridgehead atoms. The molecule has 0 N–H and O–H groups in total. The van der Waals surface area contributed by atoms with Gasteiger partial charge in [-0.05, 0) is 24.1 Å². The maximum absolute atomic E-state index is 12.8. The Kier molecular flexibility index (Phi) is 5.00. The summed E-state index contributed by atoms with van der Waals surface area (Å²) in [6, 6.07) is 7.66. The number of amides is 1. The van der Waals surface area contributed by atoms with Crippen molar-refractivity contribution in [1.82, 2.24) is 14.9 Å². The molecular weight excluding hydrogens is 326 g/mol. The van der Waals surface area contributed by atoms with Crippen molar-refractivity contribution in [3.05, 3.63) is 52.4 Å². The van der Waals surface area contributed by atoms with Gasteiger partial charge in [-0.1, -0.05) is 30.7 Å². The topological polar surface area (TPSA) is 55.3 Å². The van der Waals surface area contributed by atoms with Gasteiger partial charge in [0.2, 0.25) is 11.8 Å². The number of benzene rings is 1. The van der Waals surface area contributed by atoms with E-state index < -0.39 is 0 Å². The molecule has 1 aliphatic heterocycles. The normalized spacial score (nSPS) is 14.9. The first-order chi connectivity index (χ1) is 11.6. The van der Waals surface area contributed by atoms with E-state index in [4.69, 9.17) is 16.3 Å². The van der Waals surface area contributed by atoms with Crippen molar-refractivity contribution < 1.29 is 9.53 Å². The number of methoxy groups -OCH3 is 1. The van der Waals surface area contributed by atoms with Gasteiger partial charge in [0.15, 0.2) is 0 Å². The Balaban J connectivity index is 1.71. The number of hydrogen-bond donors (Lipinski definition) is 0. The van der Waals surface area contributed by atoms with E-state index in [1.54, 1.807) is 7.11 Å². The molecule has 0 unspecified atom stereocenters. The highest BCUT2D eigenvalue weighted by atomic mass is 35.5. The first-order valence-electron chi connectivity index (χ1n) is 7.98. The number of ether oxygens (including phenoxy) is 1. The zero-order chi connectivity index (χ0) is 17.1. The predicted molar refractivity (Wildman–Crippen MR) is 92.0 cm³/mol. The lowest BCUT2D eigenvalue weighted by Crippen LogP contribution is -2.40. The van der Waals surface area contributed by atoms with Crippen LogP contribution < -0.4 is 4.74 Å². The molecule has 126 valence electrons. The molecule has 3 rings (SSSR count). The molecule has 0 saturated heterocycles. The SMILES string of the molecule is COc1ncnc2c1CN(C(=O)[C@@H](C)Cc1cccc(Cl)c1)CC2. The fourth-order valence-electron chi connectivity index (χ4n) is 3.10. The maximum atomic E-state index is 12.8. The number of carbonyl (C=O) groups is 1. The Morgan fingerprint density at radius 3 is 3.00 bits per heavy atom. The Morgan fingerprint density at radius 1 is 1.42 bits per heavy atom. The average molecular weight is 346 g/mol. The van der Waals surface area contributed by atoms with Crippen LogP contribution in [-0.2, 0) is 24.2 Å². The summed E-state index contributed by atoms with van der Waals surface area (Å²) >= 11 is 6.02. The van der Waals surface area contributed by atoms with Crippen LogP contribution in [0, 0.1) is 5.92 Å². The van der Waals surface area contributed by atoms with Crippen LogP contribution in [0.25, 0.3) is 0 Å². The lowest BCUT2D eigenvalue weighted by atomic mass is 9.98. The molecule has 2 aromatic rings. The van der Waals surface area contributed by atoms with Gasteiger partial charge in [-0.3, -0.25) is 4.79 Å². The number of aromatic nitrogens is 2. The van der Waals surface area contributed by atoms with Crippen LogP contribution in [0.5, 0.6) is 5.88 Å². The first kappa shape index (κ1) is 16.7. The van der Waals surface area contributed by atoms with E-state index in [-0.39, 0.29) is 11.8 Å². The third-order valence-electron chi connectivity index (χ3n) is 4.32. The number of rotatable bonds is 4. The molecule has 0 aliphatic carbocycles. The number of nitrogens with zero attached hydrogens (tertiary/aromatic N) is 3. The summed E-state index contributed by atoms with van der Waals surface area (Å²) in [4.78, 5) is 23.1.